The average molecular weight is 323 g/mol. The quantitative estimate of drug-likeness (QED) is 0.803. The molecule has 0 radical (unpaired) electrons. The van der Waals surface area contributed by atoms with Crippen LogP contribution in [0.2, 0.25) is 0 Å². The normalized spacial score (nSPS) is 17.9. The molecule has 1 atom stereocenters. The number of anilines is 1. The highest BCUT2D eigenvalue weighted by Crippen LogP contribution is 2.33. The fraction of sp³-hybridized carbons (Fsp3) is 0.278. The molecule has 0 spiro atoms. The summed E-state index contributed by atoms with van der Waals surface area (Å²) in [6, 6.07) is 8.38. The molecule has 1 aliphatic rings. The maximum atomic E-state index is 13.2. The van der Waals surface area contributed by atoms with E-state index >= 15 is 0 Å². The third kappa shape index (κ3) is 2.87. The first-order valence-electron chi connectivity index (χ1n) is 8.12. The molecular formula is C18H18FN5. The summed E-state index contributed by atoms with van der Waals surface area (Å²) in [4.78, 5) is 10.9. The van der Waals surface area contributed by atoms with Crippen LogP contribution in [0, 0.1) is 5.82 Å². The highest BCUT2D eigenvalue weighted by atomic mass is 19.1. The molecule has 1 fully saturated rings. The Balaban J connectivity index is 1.60. The summed E-state index contributed by atoms with van der Waals surface area (Å²) in [6.07, 6.45) is 7.52. The lowest BCUT2D eigenvalue weighted by Gasteiger charge is -2.32. The van der Waals surface area contributed by atoms with Gasteiger partial charge in [0, 0.05) is 42.7 Å². The smallest absolute Gasteiger partial charge is 0.225 e. The van der Waals surface area contributed by atoms with E-state index in [0.29, 0.717) is 5.92 Å². The number of hydrogen-bond acceptors (Lipinski definition) is 4. The minimum Gasteiger partial charge on any atom is -0.340 e. The minimum absolute atomic E-state index is 0.228. The molecule has 5 nitrogen and oxygen atoms in total. The van der Waals surface area contributed by atoms with Crippen molar-refractivity contribution in [3.8, 4) is 11.1 Å². The Labute approximate surface area is 139 Å². The van der Waals surface area contributed by atoms with E-state index < -0.39 is 0 Å². The van der Waals surface area contributed by atoms with Crippen molar-refractivity contribution in [2.24, 2.45) is 0 Å². The van der Waals surface area contributed by atoms with E-state index in [1.807, 2.05) is 12.3 Å². The molecule has 2 aromatic heterocycles. The molecule has 0 aliphatic carbocycles. The van der Waals surface area contributed by atoms with Gasteiger partial charge in [-0.05, 0) is 36.6 Å². The van der Waals surface area contributed by atoms with Crippen LogP contribution < -0.4 is 4.90 Å². The Hall–Kier alpha value is -2.76. The van der Waals surface area contributed by atoms with Crippen LogP contribution in [0.5, 0.6) is 0 Å². The monoisotopic (exact) mass is 323 g/mol. The number of halogens is 1. The summed E-state index contributed by atoms with van der Waals surface area (Å²) in [5.74, 6) is 0.865. The SMILES string of the molecule is Fc1ccc(-c2cn[nH]c2[C@H]2CCCN(c3ncccn3)C2)cc1. The zero-order chi connectivity index (χ0) is 16.4. The van der Waals surface area contributed by atoms with Crippen LogP contribution in [0.25, 0.3) is 11.1 Å². The van der Waals surface area contributed by atoms with Crippen LogP contribution in [0.4, 0.5) is 10.3 Å². The largest absolute Gasteiger partial charge is 0.340 e. The first-order valence-corrected chi connectivity index (χ1v) is 8.12. The summed E-state index contributed by atoms with van der Waals surface area (Å²) in [6.45, 7) is 1.81. The third-order valence-electron chi connectivity index (χ3n) is 4.49. The molecule has 0 bridgehead atoms. The van der Waals surface area contributed by atoms with E-state index in [-0.39, 0.29) is 5.82 Å². The van der Waals surface area contributed by atoms with E-state index in [0.717, 1.165) is 48.7 Å². The average Bonchev–Trinajstić information content (AvgIpc) is 3.13. The number of benzene rings is 1. The Kier molecular flexibility index (Phi) is 3.94. The third-order valence-corrected chi connectivity index (χ3v) is 4.49. The van der Waals surface area contributed by atoms with Crippen molar-refractivity contribution in [2.75, 3.05) is 18.0 Å². The van der Waals surface area contributed by atoms with Crippen molar-refractivity contribution < 1.29 is 4.39 Å². The molecule has 122 valence electrons. The number of aromatic nitrogens is 4. The molecule has 1 N–H and O–H groups in total. The molecule has 3 heterocycles. The highest BCUT2D eigenvalue weighted by Gasteiger charge is 2.26. The standard InChI is InChI=1S/C18H18FN5/c19-15-6-4-13(5-7-15)16-11-22-23-17(16)14-3-1-10-24(12-14)18-20-8-2-9-21-18/h2,4-9,11,14H,1,3,10,12H2,(H,22,23)/t14-/m0/s1. The van der Waals surface area contributed by atoms with Gasteiger partial charge >= 0.3 is 0 Å². The van der Waals surface area contributed by atoms with E-state index in [1.165, 1.54) is 12.1 Å². The van der Waals surface area contributed by atoms with Crippen LogP contribution in [0.15, 0.2) is 48.9 Å². The van der Waals surface area contributed by atoms with Gasteiger partial charge in [-0.1, -0.05) is 12.1 Å². The Morgan fingerprint density at radius 3 is 2.71 bits per heavy atom. The zero-order valence-corrected chi connectivity index (χ0v) is 13.2. The van der Waals surface area contributed by atoms with Crippen LogP contribution >= 0.6 is 0 Å². The number of piperidine rings is 1. The predicted octanol–water partition coefficient (Wildman–Crippen LogP) is 3.39. The van der Waals surface area contributed by atoms with Gasteiger partial charge in [0.25, 0.3) is 0 Å². The van der Waals surface area contributed by atoms with Gasteiger partial charge in [-0.15, -0.1) is 0 Å². The summed E-state index contributed by atoms with van der Waals surface area (Å²) in [7, 11) is 0. The van der Waals surface area contributed by atoms with Gasteiger partial charge in [0.2, 0.25) is 5.95 Å². The fourth-order valence-corrected chi connectivity index (χ4v) is 3.32. The van der Waals surface area contributed by atoms with Crippen LogP contribution in [-0.2, 0) is 0 Å². The highest BCUT2D eigenvalue weighted by molar-refractivity contribution is 5.66. The van der Waals surface area contributed by atoms with Crippen molar-refractivity contribution in [3.63, 3.8) is 0 Å². The van der Waals surface area contributed by atoms with Crippen LogP contribution in [0.3, 0.4) is 0 Å². The Bertz CT molecular complexity index is 800. The number of hydrogen-bond donors (Lipinski definition) is 1. The van der Waals surface area contributed by atoms with Crippen molar-refractivity contribution in [2.45, 2.75) is 18.8 Å². The van der Waals surface area contributed by atoms with E-state index in [2.05, 4.69) is 25.1 Å². The van der Waals surface area contributed by atoms with Crippen molar-refractivity contribution in [1.29, 1.82) is 0 Å². The van der Waals surface area contributed by atoms with Crippen molar-refractivity contribution in [3.05, 3.63) is 60.4 Å². The second kappa shape index (κ2) is 6.39. The van der Waals surface area contributed by atoms with Crippen molar-refractivity contribution in [1.82, 2.24) is 20.2 Å². The molecule has 24 heavy (non-hydrogen) atoms. The number of nitrogens with one attached hydrogen (secondary N) is 1. The van der Waals surface area contributed by atoms with Gasteiger partial charge in [0.15, 0.2) is 0 Å². The first kappa shape index (κ1) is 14.8. The molecular weight excluding hydrogens is 305 g/mol. The molecule has 1 saturated heterocycles. The van der Waals surface area contributed by atoms with E-state index in [4.69, 9.17) is 0 Å². The predicted molar refractivity (Wildman–Crippen MR) is 90.2 cm³/mol. The van der Waals surface area contributed by atoms with E-state index in [9.17, 15) is 4.39 Å². The molecule has 1 aliphatic heterocycles. The van der Waals surface area contributed by atoms with Crippen LogP contribution in [-0.4, -0.2) is 33.3 Å². The van der Waals surface area contributed by atoms with Gasteiger partial charge in [-0.25, -0.2) is 14.4 Å². The number of aromatic amines is 1. The molecule has 1 aromatic carbocycles. The Morgan fingerprint density at radius 1 is 1.12 bits per heavy atom. The van der Waals surface area contributed by atoms with Crippen molar-refractivity contribution >= 4 is 5.95 Å². The zero-order valence-electron chi connectivity index (χ0n) is 13.2. The van der Waals surface area contributed by atoms with E-state index in [1.54, 1.807) is 24.5 Å². The van der Waals surface area contributed by atoms with Gasteiger partial charge in [-0.2, -0.15) is 5.10 Å². The summed E-state index contributed by atoms with van der Waals surface area (Å²) in [5, 5.41) is 7.37. The van der Waals surface area contributed by atoms with Crippen LogP contribution in [0.1, 0.15) is 24.5 Å². The topological polar surface area (TPSA) is 57.7 Å². The fourth-order valence-electron chi connectivity index (χ4n) is 3.32. The maximum absolute atomic E-state index is 13.2. The number of nitrogens with zero attached hydrogens (tertiary/aromatic N) is 4. The summed E-state index contributed by atoms with van der Waals surface area (Å²) < 4.78 is 13.2. The lowest BCUT2D eigenvalue weighted by molar-refractivity contribution is 0.495. The summed E-state index contributed by atoms with van der Waals surface area (Å²) in [5.41, 5.74) is 3.12. The minimum atomic E-state index is -0.228. The molecule has 0 saturated carbocycles. The molecule has 0 amide bonds. The molecule has 0 unspecified atom stereocenters. The molecule has 6 heteroatoms. The number of H-pyrrole nitrogens is 1. The Morgan fingerprint density at radius 2 is 1.92 bits per heavy atom. The first-order chi connectivity index (χ1) is 11.8. The second-order valence-corrected chi connectivity index (χ2v) is 6.04. The lowest BCUT2D eigenvalue weighted by Crippen LogP contribution is -2.35. The number of rotatable bonds is 3. The van der Waals surface area contributed by atoms with Gasteiger partial charge < -0.3 is 4.90 Å². The van der Waals surface area contributed by atoms with Gasteiger partial charge in [0.1, 0.15) is 5.82 Å². The van der Waals surface area contributed by atoms with Gasteiger partial charge in [0.05, 0.1) is 6.20 Å². The molecule has 4 rings (SSSR count). The lowest BCUT2D eigenvalue weighted by atomic mass is 9.91. The maximum Gasteiger partial charge on any atom is 0.225 e. The second-order valence-electron chi connectivity index (χ2n) is 6.04. The van der Waals surface area contributed by atoms with Gasteiger partial charge in [-0.3, -0.25) is 5.10 Å². The molecule has 3 aromatic rings. The summed E-state index contributed by atoms with van der Waals surface area (Å²) >= 11 is 0.